The van der Waals surface area contributed by atoms with Gasteiger partial charge in [0, 0.05) is 24.8 Å². The Morgan fingerprint density at radius 3 is 2.45 bits per heavy atom. The Hall–Kier alpha value is -2.84. The van der Waals surface area contributed by atoms with E-state index in [0.29, 0.717) is 22.3 Å². The van der Waals surface area contributed by atoms with Gasteiger partial charge in [0.2, 0.25) is 6.79 Å². The fourth-order valence-electron chi connectivity index (χ4n) is 3.92. The number of amides is 1. The summed E-state index contributed by atoms with van der Waals surface area (Å²) in [6, 6.07) is 13.5. The Labute approximate surface area is 174 Å². The van der Waals surface area contributed by atoms with Crippen LogP contribution in [0.5, 0.6) is 11.5 Å². The van der Waals surface area contributed by atoms with E-state index in [1.165, 1.54) is 4.90 Å². The van der Waals surface area contributed by atoms with Gasteiger partial charge in [-0.2, -0.15) is 0 Å². The fraction of sp³-hybridized carbons (Fsp3) is 0.333. The van der Waals surface area contributed by atoms with Crippen LogP contribution in [0.4, 0.5) is 11.4 Å². The number of hydrogen-bond donors (Lipinski definition) is 1. The lowest BCUT2D eigenvalue weighted by atomic mass is 9.91. The zero-order valence-corrected chi connectivity index (χ0v) is 16.8. The second-order valence-electron chi connectivity index (χ2n) is 7.38. The quantitative estimate of drug-likeness (QED) is 0.778. The molecular weight excluding hydrogens is 390 g/mol. The van der Waals surface area contributed by atoms with Crippen LogP contribution in [-0.4, -0.2) is 44.1 Å². The van der Waals surface area contributed by atoms with Gasteiger partial charge in [-0.15, -0.1) is 0 Å². The lowest BCUT2D eigenvalue weighted by Gasteiger charge is -2.29. The second-order valence-corrected chi connectivity index (χ2v) is 7.77. The Morgan fingerprint density at radius 2 is 1.69 bits per heavy atom. The summed E-state index contributed by atoms with van der Waals surface area (Å²) in [5, 5.41) is 3.58. The molecule has 1 amide bonds. The Bertz CT molecular complexity index is 974. The number of nitrogens with zero attached hydrogens (tertiary/aromatic N) is 2. The molecule has 29 heavy (non-hydrogen) atoms. The molecule has 0 spiro atoms. The molecule has 2 aromatic carbocycles. The monoisotopic (exact) mass is 411 g/mol. The number of rotatable bonds is 3. The number of anilines is 2. The van der Waals surface area contributed by atoms with Crippen LogP contribution in [0, 0.1) is 0 Å². The molecule has 3 aliphatic heterocycles. The van der Waals surface area contributed by atoms with Crippen molar-refractivity contribution in [3.63, 3.8) is 0 Å². The number of ether oxygens (including phenoxy) is 3. The normalized spacial score (nSPS) is 23.5. The predicted molar refractivity (Wildman–Crippen MR) is 113 cm³/mol. The summed E-state index contributed by atoms with van der Waals surface area (Å²) in [5.41, 5.74) is 1.72. The maximum absolute atomic E-state index is 13.4. The highest BCUT2D eigenvalue weighted by atomic mass is 32.1. The molecule has 0 saturated carbocycles. The van der Waals surface area contributed by atoms with Crippen molar-refractivity contribution in [1.29, 1.82) is 0 Å². The van der Waals surface area contributed by atoms with E-state index in [4.69, 9.17) is 26.4 Å². The van der Waals surface area contributed by atoms with Crippen LogP contribution in [0.1, 0.15) is 12.5 Å². The molecule has 0 bridgehead atoms. The van der Waals surface area contributed by atoms with Crippen molar-refractivity contribution in [3.8, 4) is 11.5 Å². The Kier molecular flexibility index (Phi) is 4.33. The second kappa shape index (κ2) is 6.89. The minimum Gasteiger partial charge on any atom is -0.454 e. The summed E-state index contributed by atoms with van der Waals surface area (Å²) in [7, 11) is 0. The van der Waals surface area contributed by atoms with Gasteiger partial charge in [0.05, 0.1) is 18.9 Å². The molecule has 2 fully saturated rings. The first-order valence-corrected chi connectivity index (χ1v) is 9.97. The van der Waals surface area contributed by atoms with E-state index in [1.807, 2.05) is 37.3 Å². The maximum atomic E-state index is 13.4. The molecule has 2 saturated heterocycles. The topological polar surface area (TPSA) is 63.3 Å². The van der Waals surface area contributed by atoms with E-state index in [-0.39, 0.29) is 12.7 Å². The van der Waals surface area contributed by atoms with Crippen LogP contribution >= 0.6 is 12.2 Å². The van der Waals surface area contributed by atoms with Crippen molar-refractivity contribution in [1.82, 2.24) is 5.32 Å². The SMILES string of the molecule is CC1(c2ccc(N3CCOCC3)cc2)NC(=S)N(c2ccc3c(c2)OCO3)C1=O. The molecule has 8 heteroatoms. The van der Waals surface area contributed by atoms with Crippen LogP contribution in [0.15, 0.2) is 42.5 Å². The molecule has 5 rings (SSSR count). The number of hydrogen-bond acceptors (Lipinski definition) is 6. The minimum atomic E-state index is -0.934. The molecule has 150 valence electrons. The van der Waals surface area contributed by atoms with E-state index >= 15 is 0 Å². The predicted octanol–water partition coefficient (Wildman–Crippen LogP) is 2.39. The molecule has 0 aromatic heterocycles. The number of carbonyl (C=O) groups excluding carboxylic acids is 1. The number of morpholine rings is 1. The van der Waals surface area contributed by atoms with Crippen molar-refractivity contribution in [2.75, 3.05) is 42.9 Å². The standard InChI is InChI=1S/C21H21N3O4S/c1-21(14-2-4-15(5-3-14)23-8-10-26-11-9-23)19(25)24(20(29)22-21)16-6-7-17-18(12-16)28-13-27-17/h2-7,12H,8-11,13H2,1H3,(H,22,29). The van der Waals surface area contributed by atoms with E-state index in [9.17, 15) is 4.79 Å². The zero-order chi connectivity index (χ0) is 20.0. The fourth-order valence-corrected chi connectivity index (χ4v) is 4.31. The number of nitrogens with one attached hydrogen (secondary N) is 1. The largest absolute Gasteiger partial charge is 0.454 e. The van der Waals surface area contributed by atoms with Crippen LogP contribution < -0.4 is 24.6 Å². The van der Waals surface area contributed by atoms with Crippen LogP contribution in [-0.2, 0) is 15.1 Å². The van der Waals surface area contributed by atoms with Gasteiger partial charge in [0.25, 0.3) is 5.91 Å². The molecule has 1 atom stereocenters. The number of thiocarbonyl (C=S) groups is 1. The number of fused-ring (bicyclic) bond motifs is 1. The summed E-state index contributed by atoms with van der Waals surface area (Å²) < 4.78 is 16.2. The minimum absolute atomic E-state index is 0.125. The summed E-state index contributed by atoms with van der Waals surface area (Å²) in [5.74, 6) is 1.16. The maximum Gasteiger partial charge on any atom is 0.263 e. The van der Waals surface area contributed by atoms with Crippen molar-refractivity contribution < 1.29 is 19.0 Å². The molecule has 7 nitrogen and oxygen atoms in total. The summed E-state index contributed by atoms with van der Waals surface area (Å²) in [4.78, 5) is 17.2. The lowest BCUT2D eigenvalue weighted by molar-refractivity contribution is -0.121. The molecule has 0 radical (unpaired) electrons. The van der Waals surface area contributed by atoms with Crippen molar-refractivity contribution in [2.45, 2.75) is 12.5 Å². The third-order valence-electron chi connectivity index (χ3n) is 5.63. The first kappa shape index (κ1) is 18.2. The average molecular weight is 411 g/mol. The first-order chi connectivity index (χ1) is 14.1. The van der Waals surface area contributed by atoms with Gasteiger partial charge in [0.1, 0.15) is 5.54 Å². The first-order valence-electron chi connectivity index (χ1n) is 9.56. The Balaban J connectivity index is 1.42. The van der Waals surface area contributed by atoms with Gasteiger partial charge in [-0.3, -0.25) is 9.69 Å². The smallest absolute Gasteiger partial charge is 0.263 e. The molecule has 1 unspecified atom stereocenters. The van der Waals surface area contributed by atoms with Gasteiger partial charge in [-0.05, 0) is 49.0 Å². The lowest BCUT2D eigenvalue weighted by Crippen LogP contribution is -2.41. The van der Waals surface area contributed by atoms with E-state index in [2.05, 4.69) is 10.2 Å². The highest BCUT2D eigenvalue weighted by Gasteiger charge is 2.48. The number of carbonyl (C=O) groups is 1. The van der Waals surface area contributed by atoms with Crippen molar-refractivity contribution in [2.24, 2.45) is 0 Å². The van der Waals surface area contributed by atoms with E-state index in [1.54, 1.807) is 12.1 Å². The third-order valence-corrected chi connectivity index (χ3v) is 5.91. The molecule has 3 aliphatic rings. The Morgan fingerprint density at radius 1 is 1.00 bits per heavy atom. The molecule has 3 heterocycles. The summed E-state index contributed by atoms with van der Waals surface area (Å²) in [6.07, 6.45) is 0. The van der Waals surface area contributed by atoms with Crippen molar-refractivity contribution in [3.05, 3.63) is 48.0 Å². The highest BCUT2D eigenvalue weighted by Crippen LogP contribution is 2.39. The van der Waals surface area contributed by atoms with Gasteiger partial charge in [0.15, 0.2) is 16.6 Å². The van der Waals surface area contributed by atoms with Gasteiger partial charge in [-0.25, -0.2) is 0 Å². The van der Waals surface area contributed by atoms with Gasteiger partial charge >= 0.3 is 0 Å². The summed E-state index contributed by atoms with van der Waals surface area (Å²) >= 11 is 5.50. The number of benzene rings is 2. The highest BCUT2D eigenvalue weighted by molar-refractivity contribution is 7.80. The average Bonchev–Trinajstić information content (AvgIpc) is 3.31. The van der Waals surface area contributed by atoms with E-state index in [0.717, 1.165) is 37.6 Å². The van der Waals surface area contributed by atoms with Gasteiger partial charge in [-0.1, -0.05) is 12.1 Å². The molecule has 1 N–H and O–H groups in total. The van der Waals surface area contributed by atoms with Crippen LogP contribution in [0.2, 0.25) is 0 Å². The van der Waals surface area contributed by atoms with Crippen LogP contribution in [0.25, 0.3) is 0 Å². The zero-order valence-electron chi connectivity index (χ0n) is 16.0. The van der Waals surface area contributed by atoms with Crippen molar-refractivity contribution >= 4 is 34.6 Å². The molecule has 0 aliphatic carbocycles. The van der Waals surface area contributed by atoms with Gasteiger partial charge < -0.3 is 24.4 Å². The summed E-state index contributed by atoms with van der Waals surface area (Å²) in [6.45, 7) is 5.25. The third kappa shape index (κ3) is 2.99. The molecule has 2 aromatic rings. The van der Waals surface area contributed by atoms with Crippen LogP contribution in [0.3, 0.4) is 0 Å². The molecular formula is C21H21N3O4S. The van der Waals surface area contributed by atoms with E-state index < -0.39 is 5.54 Å².